The van der Waals surface area contributed by atoms with Gasteiger partial charge in [0.15, 0.2) is 0 Å². The van der Waals surface area contributed by atoms with Crippen molar-refractivity contribution in [3.63, 3.8) is 0 Å². The number of carbonyl (C=O) groups excluding carboxylic acids is 1. The molecule has 0 saturated carbocycles. The molecule has 0 bridgehead atoms. The molecule has 3 aromatic rings. The first-order valence-corrected chi connectivity index (χ1v) is 9.58. The van der Waals surface area contributed by atoms with Crippen molar-refractivity contribution in [3.05, 3.63) is 83.9 Å². The molecular weight excluding hydrogens is 371 g/mol. The molecule has 150 valence electrons. The maximum absolute atomic E-state index is 13.1. The zero-order valence-electron chi connectivity index (χ0n) is 15.9. The second-order valence-electron chi connectivity index (χ2n) is 7.23. The molecule has 2 heterocycles. The molecule has 6 nitrogen and oxygen atoms in total. The summed E-state index contributed by atoms with van der Waals surface area (Å²) in [4.78, 5) is 12.8. The summed E-state index contributed by atoms with van der Waals surface area (Å²) in [5.41, 5.74) is 8.57. The molecule has 1 aliphatic rings. The first-order valence-electron chi connectivity index (χ1n) is 9.58. The molecule has 0 radical (unpaired) electrons. The third-order valence-corrected chi connectivity index (χ3v) is 5.15. The van der Waals surface area contributed by atoms with Gasteiger partial charge in [-0.25, -0.2) is 9.07 Å². The Bertz CT molecular complexity index is 958. The van der Waals surface area contributed by atoms with E-state index in [1.165, 1.54) is 12.1 Å². The summed E-state index contributed by atoms with van der Waals surface area (Å²) in [7, 11) is 0. The number of nitrogens with zero attached hydrogens (tertiary/aromatic N) is 2. The number of rotatable bonds is 6. The van der Waals surface area contributed by atoms with Crippen molar-refractivity contribution in [2.24, 2.45) is 11.7 Å². The second kappa shape index (κ2) is 8.55. The molecule has 1 aliphatic heterocycles. The number of amides is 1. The first kappa shape index (κ1) is 19.3. The number of benzene rings is 2. The van der Waals surface area contributed by atoms with Crippen molar-refractivity contribution in [1.29, 1.82) is 0 Å². The van der Waals surface area contributed by atoms with Gasteiger partial charge in [-0.2, -0.15) is 5.10 Å². The number of nitrogens with one attached hydrogen (secondary N) is 1. The fourth-order valence-electron chi connectivity index (χ4n) is 3.61. The SMILES string of the molecule is N[C@@H]1COC[C@H]1C(NC(=O)Cc1ccn(-c2ccc(F)cc2)n1)c1ccccc1. The quantitative estimate of drug-likeness (QED) is 0.673. The van der Waals surface area contributed by atoms with Crippen LogP contribution in [0.15, 0.2) is 66.9 Å². The van der Waals surface area contributed by atoms with E-state index in [2.05, 4.69) is 10.4 Å². The number of carbonyl (C=O) groups is 1. The van der Waals surface area contributed by atoms with Crippen LogP contribution in [0.1, 0.15) is 17.3 Å². The number of nitrogens with two attached hydrogens (primary N) is 1. The van der Waals surface area contributed by atoms with E-state index in [0.717, 1.165) is 11.3 Å². The highest BCUT2D eigenvalue weighted by Gasteiger charge is 2.34. The van der Waals surface area contributed by atoms with Crippen LogP contribution in [0.4, 0.5) is 4.39 Å². The van der Waals surface area contributed by atoms with Crippen LogP contribution in [0.2, 0.25) is 0 Å². The van der Waals surface area contributed by atoms with Gasteiger partial charge in [0.25, 0.3) is 0 Å². The van der Waals surface area contributed by atoms with E-state index in [-0.39, 0.29) is 36.1 Å². The molecule has 29 heavy (non-hydrogen) atoms. The van der Waals surface area contributed by atoms with E-state index in [0.29, 0.717) is 18.9 Å². The summed E-state index contributed by atoms with van der Waals surface area (Å²) in [5, 5.41) is 7.54. The lowest BCUT2D eigenvalue weighted by atomic mass is 9.89. The van der Waals surface area contributed by atoms with Crippen LogP contribution in [0, 0.1) is 11.7 Å². The van der Waals surface area contributed by atoms with Crippen molar-refractivity contribution < 1.29 is 13.9 Å². The van der Waals surface area contributed by atoms with Crippen LogP contribution in [0.5, 0.6) is 0 Å². The summed E-state index contributed by atoms with van der Waals surface area (Å²) >= 11 is 0. The lowest BCUT2D eigenvalue weighted by Crippen LogP contribution is -2.41. The molecule has 0 spiro atoms. The Labute approximate surface area is 168 Å². The lowest BCUT2D eigenvalue weighted by molar-refractivity contribution is -0.121. The van der Waals surface area contributed by atoms with Gasteiger partial charge in [-0.15, -0.1) is 0 Å². The van der Waals surface area contributed by atoms with E-state index >= 15 is 0 Å². The molecule has 2 aromatic carbocycles. The number of aromatic nitrogens is 2. The molecule has 1 amide bonds. The molecule has 1 fully saturated rings. The molecular formula is C22H23FN4O2. The number of hydrogen-bond acceptors (Lipinski definition) is 4. The molecule has 1 unspecified atom stereocenters. The molecule has 4 rings (SSSR count). The Morgan fingerprint density at radius 3 is 2.62 bits per heavy atom. The molecule has 7 heteroatoms. The topological polar surface area (TPSA) is 82.2 Å². The van der Waals surface area contributed by atoms with E-state index in [1.807, 2.05) is 30.3 Å². The largest absolute Gasteiger partial charge is 0.379 e. The average molecular weight is 394 g/mol. The number of ether oxygens (including phenoxy) is 1. The standard InChI is InChI=1S/C22H23FN4O2/c23-16-6-8-18(9-7-16)27-11-10-17(26-27)12-21(28)25-22(15-4-2-1-3-5-15)19-13-29-14-20(19)24/h1-11,19-20,22H,12-14,24H2,(H,25,28)/t19-,20-,22?/m1/s1. The Balaban J connectivity index is 1.46. The minimum absolute atomic E-state index is 0.0122. The van der Waals surface area contributed by atoms with Gasteiger partial charge in [0.05, 0.1) is 37.1 Å². The minimum Gasteiger partial charge on any atom is -0.379 e. The Morgan fingerprint density at radius 1 is 1.17 bits per heavy atom. The van der Waals surface area contributed by atoms with Crippen molar-refractivity contribution in [2.75, 3.05) is 13.2 Å². The van der Waals surface area contributed by atoms with Crippen LogP contribution in [0.3, 0.4) is 0 Å². The Morgan fingerprint density at radius 2 is 1.93 bits per heavy atom. The number of hydrogen-bond donors (Lipinski definition) is 2. The monoisotopic (exact) mass is 394 g/mol. The van der Waals surface area contributed by atoms with Crippen molar-refractivity contribution in [2.45, 2.75) is 18.5 Å². The summed E-state index contributed by atoms with van der Waals surface area (Å²) in [6.07, 6.45) is 1.89. The zero-order chi connectivity index (χ0) is 20.2. The number of halogens is 1. The van der Waals surface area contributed by atoms with Crippen LogP contribution in [-0.2, 0) is 16.0 Å². The summed E-state index contributed by atoms with van der Waals surface area (Å²) < 4.78 is 20.2. The maximum Gasteiger partial charge on any atom is 0.226 e. The van der Waals surface area contributed by atoms with Crippen LogP contribution >= 0.6 is 0 Å². The average Bonchev–Trinajstić information content (AvgIpc) is 3.36. The van der Waals surface area contributed by atoms with Crippen molar-refractivity contribution in [3.8, 4) is 5.69 Å². The van der Waals surface area contributed by atoms with Gasteiger partial charge >= 0.3 is 0 Å². The fraction of sp³-hybridized carbons (Fsp3) is 0.273. The van der Waals surface area contributed by atoms with Gasteiger partial charge in [0.1, 0.15) is 5.82 Å². The van der Waals surface area contributed by atoms with Gasteiger partial charge in [-0.1, -0.05) is 30.3 Å². The van der Waals surface area contributed by atoms with Gasteiger partial charge in [-0.3, -0.25) is 4.79 Å². The van der Waals surface area contributed by atoms with Gasteiger partial charge < -0.3 is 15.8 Å². The van der Waals surface area contributed by atoms with Gasteiger partial charge in [0.2, 0.25) is 5.91 Å². The van der Waals surface area contributed by atoms with E-state index in [9.17, 15) is 9.18 Å². The highest BCUT2D eigenvalue weighted by Crippen LogP contribution is 2.28. The lowest BCUT2D eigenvalue weighted by Gasteiger charge is -2.27. The first-order chi connectivity index (χ1) is 14.1. The Hall–Kier alpha value is -3.03. The molecule has 1 aromatic heterocycles. The summed E-state index contributed by atoms with van der Waals surface area (Å²) in [5.74, 6) is -0.429. The zero-order valence-corrected chi connectivity index (χ0v) is 15.9. The normalized spacial score (nSPS) is 19.8. The Kier molecular flexibility index (Phi) is 5.69. The van der Waals surface area contributed by atoms with E-state index < -0.39 is 0 Å². The second-order valence-corrected chi connectivity index (χ2v) is 7.23. The minimum atomic E-state index is -0.304. The third kappa shape index (κ3) is 4.52. The highest BCUT2D eigenvalue weighted by atomic mass is 19.1. The van der Waals surface area contributed by atoms with Gasteiger partial charge in [-0.05, 0) is 35.9 Å². The van der Waals surface area contributed by atoms with Crippen molar-refractivity contribution >= 4 is 5.91 Å². The predicted octanol–water partition coefficient (Wildman–Crippen LogP) is 2.39. The molecule has 1 saturated heterocycles. The fourth-order valence-corrected chi connectivity index (χ4v) is 3.61. The molecule has 0 aliphatic carbocycles. The van der Waals surface area contributed by atoms with E-state index in [1.54, 1.807) is 29.1 Å². The van der Waals surface area contributed by atoms with Crippen molar-refractivity contribution in [1.82, 2.24) is 15.1 Å². The summed E-state index contributed by atoms with van der Waals surface area (Å²) in [6.45, 7) is 1.01. The van der Waals surface area contributed by atoms with E-state index in [4.69, 9.17) is 10.5 Å². The maximum atomic E-state index is 13.1. The molecule has 3 atom stereocenters. The van der Waals surface area contributed by atoms with Crippen LogP contribution < -0.4 is 11.1 Å². The smallest absolute Gasteiger partial charge is 0.226 e. The predicted molar refractivity (Wildman–Crippen MR) is 107 cm³/mol. The molecule has 3 N–H and O–H groups in total. The van der Waals surface area contributed by atoms with Crippen LogP contribution in [-0.4, -0.2) is 34.9 Å². The van der Waals surface area contributed by atoms with Gasteiger partial charge in [0, 0.05) is 18.2 Å². The van der Waals surface area contributed by atoms with Crippen LogP contribution in [0.25, 0.3) is 5.69 Å². The summed E-state index contributed by atoms with van der Waals surface area (Å²) in [6, 6.07) is 17.3. The third-order valence-electron chi connectivity index (χ3n) is 5.15. The highest BCUT2D eigenvalue weighted by molar-refractivity contribution is 5.78.